The van der Waals surface area contributed by atoms with Gasteiger partial charge in [-0.2, -0.15) is 0 Å². The number of benzene rings is 2. The fourth-order valence-corrected chi connectivity index (χ4v) is 5.08. The van der Waals surface area contributed by atoms with E-state index in [2.05, 4.69) is 0 Å². The van der Waals surface area contributed by atoms with Gasteiger partial charge in [-0.3, -0.25) is 0 Å². The molecule has 0 radical (unpaired) electrons. The Morgan fingerprint density at radius 2 is 1.12 bits per heavy atom. The highest BCUT2D eigenvalue weighted by Gasteiger charge is 2.30. The summed E-state index contributed by atoms with van der Waals surface area (Å²) in [5, 5.41) is 20.6. The van der Waals surface area contributed by atoms with Crippen molar-refractivity contribution < 1.29 is 18.6 Å². The molecule has 0 spiro atoms. The van der Waals surface area contributed by atoms with E-state index in [1.165, 1.54) is 6.07 Å². The predicted octanol–water partition coefficient (Wildman–Crippen LogP) is 4.09. The third-order valence-electron chi connectivity index (χ3n) is 5.17. The summed E-state index contributed by atoms with van der Waals surface area (Å²) in [6.45, 7) is 12.2. The van der Waals surface area contributed by atoms with Crippen LogP contribution in [-0.2, 0) is 9.84 Å². The molecule has 130 valence electrons. The molecule has 0 amide bonds. The Hall–Kier alpha value is -2.01. The molecule has 0 heterocycles. The molecule has 0 aliphatic heterocycles. The molecular formula is C19H24O4S. The fourth-order valence-electron chi connectivity index (χ4n) is 3.01. The molecule has 0 saturated heterocycles. The van der Waals surface area contributed by atoms with Gasteiger partial charge in [0.1, 0.15) is 16.4 Å². The Bertz CT molecular complexity index is 925. The van der Waals surface area contributed by atoms with Gasteiger partial charge >= 0.3 is 0 Å². The molecule has 0 bridgehead atoms. The van der Waals surface area contributed by atoms with Crippen molar-refractivity contribution in [1.29, 1.82) is 0 Å². The van der Waals surface area contributed by atoms with Gasteiger partial charge in [0.2, 0.25) is 9.84 Å². The van der Waals surface area contributed by atoms with E-state index in [1.54, 1.807) is 34.6 Å². The number of phenols is 2. The van der Waals surface area contributed by atoms with Gasteiger partial charge in [-0.05, 0) is 93.5 Å². The van der Waals surface area contributed by atoms with Crippen LogP contribution in [0.2, 0.25) is 0 Å². The SMILES string of the molecule is Cc1cc(S(=O)(=O)c2c(C)c(C)c(C)c(C)c2O)c(C)c(C)c1O. The fraction of sp³-hybridized carbons (Fsp3) is 0.368. The maximum absolute atomic E-state index is 13.3. The summed E-state index contributed by atoms with van der Waals surface area (Å²) in [5.41, 5.74) is 4.39. The van der Waals surface area contributed by atoms with E-state index >= 15 is 0 Å². The van der Waals surface area contributed by atoms with E-state index in [0.29, 0.717) is 27.8 Å². The highest BCUT2D eigenvalue weighted by atomic mass is 32.2. The van der Waals surface area contributed by atoms with Crippen LogP contribution in [0.25, 0.3) is 0 Å². The largest absolute Gasteiger partial charge is 0.507 e. The summed E-state index contributed by atoms with van der Waals surface area (Å²) in [7, 11) is -3.92. The molecule has 0 aliphatic rings. The zero-order chi connectivity index (χ0) is 18.6. The van der Waals surface area contributed by atoms with Crippen molar-refractivity contribution in [2.45, 2.75) is 58.3 Å². The highest BCUT2D eigenvalue weighted by Crippen LogP contribution is 2.40. The molecule has 24 heavy (non-hydrogen) atoms. The summed E-state index contributed by atoms with van der Waals surface area (Å²) in [6, 6.07) is 1.47. The molecule has 2 aromatic rings. The second-order valence-electron chi connectivity index (χ2n) is 6.47. The van der Waals surface area contributed by atoms with Gasteiger partial charge in [0.25, 0.3) is 0 Å². The van der Waals surface area contributed by atoms with Crippen molar-refractivity contribution >= 4 is 9.84 Å². The van der Waals surface area contributed by atoms with Crippen LogP contribution in [0.3, 0.4) is 0 Å². The molecule has 5 heteroatoms. The van der Waals surface area contributed by atoms with E-state index in [9.17, 15) is 18.6 Å². The molecule has 0 saturated carbocycles. The standard InChI is InChI=1S/C19H24O4S/c1-9-8-16(12(4)14(6)17(9)20)24(22,23)19-15(7)11(3)10(2)13(5)18(19)21/h8,20-21H,1-7H3. The number of sulfone groups is 1. The van der Waals surface area contributed by atoms with Crippen LogP contribution in [0.1, 0.15) is 38.9 Å². The summed E-state index contributed by atoms with van der Waals surface area (Å²) in [5.74, 6) is -0.0953. The van der Waals surface area contributed by atoms with Gasteiger partial charge in [0.15, 0.2) is 0 Å². The zero-order valence-electron chi connectivity index (χ0n) is 15.2. The van der Waals surface area contributed by atoms with Gasteiger partial charge in [-0.1, -0.05) is 0 Å². The Balaban J connectivity index is 2.94. The molecule has 0 unspecified atom stereocenters. The minimum absolute atomic E-state index is 0.0457. The molecule has 0 fully saturated rings. The van der Waals surface area contributed by atoms with Crippen molar-refractivity contribution in [3.05, 3.63) is 45.0 Å². The Morgan fingerprint density at radius 3 is 1.67 bits per heavy atom. The minimum Gasteiger partial charge on any atom is -0.507 e. The highest BCUT2D eigenvalue weighted by molar-refractivity contribution is 7.91. The average molecular weight is 348 g/mol. The third-order valence-corrected chi connectivity index (χ3v) is 7.21. The first-order chi connectivity index (χ1) is 10.9. The van der Waals surface area contributed by atoms with Crippen LogP contribution < -0.4 is 0 Å². The van der Waals surface area contributed by atoms with Crippen LogP contribution in [0.5, 0.6) is 11.5 Å². The number of phenolic OH excluding ortho intramolecular Hbond substituents is 2. The maximum atomic E-state index is 13.3. The zero-order valence-corrected chi connectivity index (χ0v) is 16.0. The maximum Gasteiger partial charge on any atom is 0.210 e. The first-order valence-electron chi connectivity index (χ1n) is 7.77. The lowest BCUT2D eigenvalue weighted by atomic mass is 9.98. The van der Waals surface area contributed by atoms with Crippen LogP contribution in [0.15, 0.2) is 15.9 Å². The van der Waals surface area contributed by atoms with Crippen molar-refractivity contribution in [3.63, 3.8) is 0 Å². The van der Waals surface area contributed by atoms with Gasteiger partial charge < -0.3 is 10.2 Å². The van der Waals surface area contributed by atoms with Crippen molar-refractivity contribution in [2.75, 3.05) is 0 Å². The molecular weight excluding hydrogens is 324 g/mol. The second kappa shape index (κ2) is 5.81. The van der Waals surface area contributed by atoms with E-state index in [1.807, 2.05) is 13.8 Å². The summed E-state index contributed by atoms with van der Waals surface area (Å²) in [4.78, 5) is 0.0760. The van der Waals surface area contributed by atoms with E-state index in [4.69, 9.17) is 0 Å². The Labute approximate surface area is 143 Å². The van der Waals surface area contributed by atoms with E-state index in [-0.39, 0.29) is 21.3 Å². The second-order valence-corrected chi connectivity index (χ2v) is 8.33. The van der Waals surface area contributed by atoms with E-state index in [0.717, 1.165) is 11.1 Å². The molecule has 0 aliphatic carbocycles. The van der Waals surface area contributed by atoms with Gasteiger partial charge in [0.05, 0.1) is 4.90 Å². The smallest absolute Gasteiger partial charge is 0.210 e. The van der Waals surface area contributed by atoms with Crippen molar-refractivity contribution in [3.8, 4) is 11.5 Å². The van der Waals surface area contributed by atoms with Gasteiger partial charge in [-0.15, -0.1) is 0 Å². The summed E-state index contributed by atoms with van der Waals surface area (Å²) >= 11 is 0. The van der Waals surface area contributed by atoms with Gasteiger partial charge in [0, 0.05) is 0 Å². The van der Waals surface area contributed by atoms with Gasteiger partial charge in [-0.25, -0.2) is 8.42 Å². The lowest BCUT2D eigenvalue weighted by molar-refractivity contribution is 0.452. The van der Waals surface area contributed by atoms with E-state index < -0.39 is 9.84 Å². The number of rotatable bonds is 2. The number of hydrogen-bond acceptors (Lipinski definition) is 4. The monoisotopic (exact) mass is 348 g/mol. The van der Waals surface area contributed by atoms with Crippen LogP contribution >= 0.6 is 0 Å². The molecule has 2 aromatic carbocycles. The topological polar surface area (TPSA) is 74.6 Å². The Morgan fingerprint density at radius 1 is 0.667 bits per heavy atom. The third kappa shape index (κ3) is 2.47. The van der Waals surface area contributed by atoms with Crippen molar-refractivity contribution in [2.24, 2.45) is 0 Å². The predicted molar refractivity (Wildman–Crippen MR) is 94.8 cm³/mol. The van der Waals surface area contributed by atoms with Crippen molar-refractivity contribution in [1.82, 2.24) is 0 Å². The van der Waals surface area contributed by atoms with Crippen LogP contribution in [0.4, 0.5) is 0 Å². The summed E-state index contributed by atoms with van der Waals surface area (Å²) < 4.78 is 26.6. The lowest BCUT2D eigenvalue weighted by Gasteiger charge is -2.19. The normalized spacial score (nSPS) is 11.8. The minimum atomic E-state index is -3.92. The van der Waals surface area contributed by atoms with Crippen LogP contribution in [0, 0.1) is 48.5 Å². The average Bonchev–Trinajstić information content (AvgIpc) is 2.52. The first-order valence-corrected chi connectivity index (χ1v) is 9.25. The molecule has 2 N–H and O–H groups in total. The summed E-state index contributed by atoms with van der Waals surface area (Å²) in [6.07, 6.45) is 0. The molecule has 2 rings (SSSR count). The Kier molecular flexibility index (Phi) is 4.44. The number of aryl methyl sites for hydroxylation is 1. The number of aromatic hydroxyl groups is 2. The molecule has 0 atom stereocenters. The van der Waals surface area contributed by atoms with Crippen LogP contribution in [-0.4, -0.2) is 18.6 Å². The quantitative estimate of drug-likeness (QED) is 0.857. The molecule has 0 aromatic heterocycles. The molecule has 4 nitrogen and oxygen atoms in total. The number of hydrogen-bond donors (Lipinski definition) is 2. The first kappa shape index (κ1) is 18.3. The lowest BCUT2D eigenvalue weighted by Crippen LogP contribution is -2.10.